The fourth-order valence-electron chi connectivity index (χ4n) is 4.10. The summed E-state index contributed by atoms with van der Waals surface area (Å²) in [5, 5.41) is 3.39. The van der Waals surface area contributed by atoms with Gasteiger partial charge in [-0.15, -0.1) is 0 Å². The van der Waals surface area contributed by atoms with E-state index in [1.807, 2.05) is 37.3 Å². The van der Waals surface area contributed by atoms with Crippen LogP contribution in [0.15, 0.2) is 103 Å². The van der Waals surface area contributed by atoms with Crippen molar-refractivity contribution in [3.8, 4) is 0 Å². The lowest BCUT2D eigenvalue weighted by molar-refractivity contribution is 0.0997. The maximum atomic E-state index is 13.9. The van der Waals surface area contributed by atoms with Crippen LogP contribution < -0.4 is 9.62 Å². The van der Waals surface area contributed by atoms with Crippen LogP contribution in [-0.2, 0) is 16.6 Å². The summed E-state index contributed by atoms with van der Waals surface area (Å²) in [5.41, 5.74) is 3.31. The van der Waals surface area contributed by atoms with E-state index in [4.69, 9.17) is 4.42 Å². The number of aryl methyl sites for hydroxylation is 2. The largest absolute Gasteiger partial charge is 0.451 e. The van der Waals surface area contributed by atoms with Crippen LogP contribution in [0.25, 0.3) is 11.0 Å². The third kappa shape index (κ3) is 5.78. The van der Waals surface area contributed by atoms with Crippen molar-refractivity contribution in [2.75, 3.05) is 9.62 Å². The first-order valence-corrected chi connectivity index (χ1v) is 14.9. The monoisotopic (exact) mass is 667 g/mol. The molecule has 198 valence electrons. The highest BCUT2D eigenvalue weighted by Gasteiger charge is 2.27. The highest BCUT2D eigenvalue weighted by atomic mass is 79.9. The topological polar surface area (TPSA) is 92.5 Å². The lowest BCUT2D eigenvalue weighted by Crippen LogP contribution is -2.30. The van der Waals surface area contributed by atoms with Gasteiger partial charge in [0, 0.05) is 26.1 Å². The van der Waals surface area contributed by atoms with Crippen molar-refractivity contribution in [3.05, 3.63) is 116 Å². The van der Waals surface area contributed by atoms with Crippen molar-refractivity contribution in [1.29, 1.82) is 0 Å². The zero-order valence-electron chi connectivity index (χ0n) is 21.0. The molecule has 1 amide bonds. The summed E-state index contributed by atoms with van der Waals surface area (Å²) in [6.45, 7) is 3.80. The third-order valence-electron chi connectivity index (χ3n) is 6.21. The Bertz CT molecular complexity index is 1770. The minimum Gasteiger partial charge on any atom is -0.451 e. The molecule has 5 rings (SSSR count). The first-order valence-electron chi connectivity index (χ1n) is 11.9. The van der Waals surface area contributed by atoms with Gasteiger partial charge >= 0.3 is 0 Å². The molecule has 39 heavy (non-hydrogen) atoms. The summed E-state index contributed by atoms with van der Waals surface area (Å²) >= 11 is 6.80. The highest BCUT2D eigenvalue weighted by molar-refractivity contribution is 9.10. The van der Waals surface area contributed by atoms with E-state index in [0.29, 0.717) is 28.0 Å². The summed E-state index contributed by atoms with van der Waals surface area (Å²) in [6, 6.07) is 22.7. The van der Waals surface area contributed by atoms with Crippen molar-refractivity contribution in [2.45, 2.75) is 25.3 Å². The van der Waals surface area contributed by atoms with Gasteiger partial charge in [0.15, 0.2) is 5.76 Å². The molecule has 0 aliphatic carbocycles. The molecule has 3 aromatic carbocycles. The van der Waals surface area contributed by atoms with E-state index in [2.05, 4.69) is 42.2 Å². The summed E-state index contributed by atoms with van der Waals surface area (Å²) in [4.78, 5) is 17.4. The van der Waals surface area contributed by atoms with Gasteiger partial charge in [-0.05, 0) is 85.6 Å². The molecule has 0 unspecified atom stereocenters. The van der Waals surface area contributed by atoms with E-state index >= 15 is 0 Å². The summed E-state index contributed by atoms with van der Waals surface area (Å²) in [5.74, 6) is 0.114. The number of benzene rings is 3. The van der Waals surface area contributed by atoms with Gasteiger partial charge in [-0.25, -0.2) is 13.4 Å². The molecule has 0 saturated heterocycles. The minimum atomic E-state index is -3.93. The number of carbonyl (C=O) groups is 1. The van der Waals surface area contributed by atoms with Crippen LogP contribution in [0.1, 0.15) is 27.2 Å². The van der Waals surface area contributed by atoms with Crippen LogP contribution in [-0.4, -0.2) is 19.3 Å². The van der Waals surface area contributed by atoms with Gasteiger partial charge in [0.05, 0.1) is 17.1 Å². The van der Waals surface area contributed by atoms with Gasteiger partial charge in [0.25, 0.3) is 15.9 Å². The molecule has 0 bridgehead atoms. The number of rotatable bonds is 7. The second kappa shape index (κ2) is 11.0. The number of nitrogens with zero attached hydrogens (tertiary/aromatic N) is 2. The van der Waals surface area contributed by atoms with Gasteiger partial charge in [0.1, 0.15) is 11.4 Å². The van der Waals surface area contributed by atoms with Crippen molar-refractivity contribution in [2.24, 2.45) is 0 Å². The number of fused-ring (bicyclic) bond motifs is 1. The van der Waals surface area contributed by atoms with Crippen LogP contribution >= 0.6 is 31.9 Å². The number of halogens is 2. The van der Waals surface area contributed by atoms with E-state index in [1.165, 1.54) is 4.31 Å². The van der Waals surface area contributed by atoms with Crippen molar-refractivity contribution < 1.29 is 17.6 Å². The maximum Gasteiger partial charge on any atom is 0.292 e. The quantitative estimate of drug-likeness (QED) is 0.193. The van der Waals surface area contributed by atoms with E-state index in [1.54, 1.807) is 61.7 Å². The van der Waals surface area contributed by atoms with E-state index in [9.17, 15) is 13.2 Å². The molecule has 0 fully saturated rings. The van der Waals surface area contributed by atoms with E-state index < -0.39 is 15.9 Å². The van der Waals surface area contributed by atoms with Gasteiger partial charge < -0.3 is 9.73 Å². The Hall–Kier alpha value is -3.47. The number of nitrogens with one attached hydrogen (secondary N) is 1. The SMILES string of the molecule is Cc1ccc(NC(=O)c2oc3ccc(N(Cc4ccc(Br)cc4)S(=O)(=O)c4ccc(Br)cc4)cc3c2C)nc1. The Kier molecular flexibility index (Phi) is 7.61. The number of amides is 1. The Morgan fingerprint density at radius 2 is 1.59 bits per heavy atom. The molecule has 0 radical (unpaired) electrons. The van der Waals surface area contributed by atoms with Crippen molar-refractivity contribution in [3.63, 3.8) is 0 Å². The predicted molar refractivity (Wildman–Crippen MR) is 160 cm³/mol. The minimum absolute atomic E-state index is 0.112. The molecule has 2 heterocycles. The van der Waals surface area contributed by atoms with Crippen LogP contribution in [0.5, 0.6) is 0 Å². The predicted octanol–water partition coefficient (Wildman–Crippen LogP) is 7.62. The molecule has 10 heteroatoms. The number of sulfonamides is 1. The zero-order chi connectivity index (χ0) is 27.7. The summed E-state index contributed by atoms with van der Waals surface area (Å²) in [6.07, 6.45) is 1.67. The molecule has 0 spiro atoms. The first-order chi connectivity index (χ1) is 18.6. The molecule has 7 nitrogen and oxygen atoms in total. The molecule has 5 aromatic rings. The van der Waals surface area contributed by atoms with Gasteiger partial charge in [-0.3, -0.25) is 9.10 Å². The maximum absolute atomic E-state index is 13.9. The van der Waals surface area contributed by atoms with Crippen LogP contribution in [0.2, 0.25) is 0 Å². The Balaban J connectivity index is 1.55. The van der Waals surface area contributed by atoms with Gasteiger partial charge in [-0.2, -0.15) is 0 Å². The number of anilines is 2. The molecule has 0 aliphatic rings. The number of hydrogen-bond donors (Lipinski definition) is 1. The Labute approximate surface area is 243 Å². The average molecular weight is 669 g/mol. The summed E-state index contributed by atoms with van der Waals surface area (Å²) < 4.78 is 36.7. The van der Waals surface area contributed by atoms with Gasteiger partial charge in [-0.1, -0.05) is 50.1 Å². The molecule has 0 saturated carbocycles. The number of furan rings is 1. The molecular weight excluding hydrogens is 646 g/mol. The Morgan fingerprint density at radius 1 is 0.923 bits per heavy atom. The Morgan fingerprint density at radius 3 is 2.23 bits per heavy atom. The van der Waals surface area contributed by atoms with E-state index in [0.717, 1.165) is 20.1 Å². The lowest BCUT2D eigenvalue weighted by atomic mass is 10.1. The highest BCUT2D eigenvalue weighted by Crippen LogP contribution is 2.33. The van der Waals surface area contributed by atoms with E-state index in [-0.39, 0.29) is 17.2 Å². The molecule has 0 atom stereocenters. The second-order valence-electron chi connectivity index (χ2n) is 9.00. The fraction of sp³-hybridized carbons (Fsp3) is 0.103. The zero-order valence-corrected chi connectivity index (χ0v) is 25.0. The summed E-state index contributed by atoms with van der Waals surface area (Å²) in [7, 11) is -3.93. The number of hydrogen-bond acceptors (Lipinski definition) is 5. The molecular formula is C29H23Br2N3O4S. The number of aromatic nitrogens is 1. The van der Waals surface area contributed by atoms with Crippen LogP contribution in [0.4, 0.5) is 11.5 Å². The first kappa shape index (κ1) is 27.1. The average Bonchev–Trinajstić information content (AvgIpc) is 3.25. The van der Waals surface area contributed by atoms with Crippen LogP contribution in [0.3, 0.4) is 0 Å². The van der Waals surface area contributed by atoms with Crippen molar-refractivity contribution in [1.82, 2.24) is 4.98 Å². The second-order valence-corrected chi connectivity index (χ2v) is 12.7. The third-order valence-corrected chi connectivity index (χ3v) is 9.05. The lowest BCUT2D eigenvalue weighted by Gasteiger charge is -2.25. The number of pyridine rings is 1. The smallest absolute Gasteiger partial charge is 0.292 e. The fourth-order valence-corrected chi connectivity index (χ4v) is 6.07. The molecule has 0 aliphatic heterocycles. The van der Waals surface area contributed by atoms with Crippen LogP contribution in [0, 0.1) is 13.8 Å². The molecule has 2 aromatic heterocycles. The molecule has 1 N–H and O–H groups in total. The normalized spacial score (nSPS) is 11.5. The van der Waals surface area contributed by atoms with Gasteiger partial charge in [0.2, 0.25) is 0 Å². The standard InChI is InChI=1S/C29H23Br2N3O4S/c1-18-3-14-27(32-16-18)33-29(35)28-19(2)25-15-23(10-13-26(25)38-28)34(17-20-4-6-21(30)7-5-20)39(36,37)24-11-8-22(31)9-12-24/h3-16H,17H2,1-2H3,(H,32,33,35). The number of carbonyl (C=O) groups excluding carboxylic acids is 1. The van der Waals surface area contributed by atoms with Crippen molar-refractivity contribution >= 4 is 70.3 Å².